The lowest BCUT2D eigenvalue weighted by molar-refractivity contribution is 0.387. The van der Waals surface area contributed by atoms with E-state index in [4.69, 9.17) is 9.88 Å². The molecule has 1 aliphatic heterocycles. The third kappa shape index (κ3) is 2.75. The minimum absolute atomic E-state index is 0.203. The Hall–Kier alpha value is -2.51. The van der Waals surface area contributed by atoms with E-state index < -0.39 is 0 Å². The number of nitrogens with two attached hydrogens (primary N) is 1. The van der Waals surface area contributed by atoms with Gasteiger partial charge in [-0.15, -0.1) is 0 Å². The maximum atomic E-state index is 14.2. The number of halogens is 1. The Balaban J connectivity index is 1.81. The van der Waals surface area contributed by atoms with Crippen molar-refractivity contribution in [2.24, 2.45) is 5.14 Å². The van der Waals surface area contributed by atoms with Crippen molar-refractivity contribution in [2.75, 3.05) is 23.3 Å². The van der Waals surface area contributed by atoms with Gasteiger partial charge in [0.15, 0.2) is 11.6 Å². The summed E-state index contributed by atoms with van der Waals surface area (Å²) in [6, 6.07) is 11.2. The summed E-state index contributed by atoms with van der Waals surface area (Å²) in [6.07, 6.45) is 2.66. The fourth-order valence-corrected chi connectivity index (χ4v) is 3.57. The second-order valence-electron chi connectivity index (χ2n) is 5.80. The summed E-state index contributed by atoms with van der Waals surface area (Å²) in [5.41, 5.74) is 4.99. The predicted molar refractivity (Wildman–Crippen MR) is 101 cm³/mol. The molecule has 0 spiro atoms. The summed E-state index contributed by atoms with van der Waals surface area (Å²) < 4.78 is 22.3. The van der Waals surface area contributed by atoms with Crippen LogP contribution in [-0.4, -0.2) is 18.6 Å². The maximum absolute atomic E-state index is 14.2. The molecule has 0 atom stereocenters. The van der Waals surface area contributed by atoms with Gasteiger partial charge < -0.3 is 14.4 Å². The average molecular weight is 356 g/mol. The summed E-state index contributed by atoms with van der Waals surface area (Å²) in [7, 11) is 1.45. The van der Waals surface area contributed by atoms with Crippen LogP contribution in [0.3, 0.4) is 0 Å². The van der Waals surface area contributed by atoms with Gasteiger partial charge in [0.1, 0.15) is 0 Å². The second-order valence-corrected chi connectivity index (χ2v) is 6.24. The van der Waals surface area contributed by atoms with Gasteiger partial charge in [-0.2, -0.15) is 0 Å². The van der Waals surface area contributed by atoms with Crippen LogP contribution in [0.4, 0.5) is 21.5 Å². The summed E-state index contributed by atoms with van der Waals surface area (Å²) in [4.78, 5) is 6.56. The van der Waals surface area contributed by atoms with Gasteiger partial charge in [-0.25, -0.2) is 4.39 Å². The van der Waals surface area contributed by atoms with E-state index >= 15 is 0 Å². The number of nitrogens with zero attached hydrogens (tertiary/aromatic N) is 2. The minimum Gasteiger partial charge on any atom is -0.494 e. The third-order valence-corrected chi connectivity index (χ3v) is 4.79. The first kappa shape index (κ1) is 16.0. The van der Waals surface area contributed by atoms with Gasteiger partial charge in [0.2, 0.25) is 0 Å². The molecular formula is C18H17FN4OS. The summed E-state index contributed by atoms with van der Waals surface area (Å²) >= 11 is 1.08. The molecule has 0 saturated heterocycles. The standard InChI is InChI=1S/C18H17FN4OS/c1-24-18-10-15-13(9-14(18)19)17(4-6-21-15)23-7-5-11-8-12(22-25-20)2-3-16(11)23/h2-4,6,8-10,22H,5,7,20H2,1H3. The zero-order chi connectivity index (χ0) is 17.4. The van der Waals surface area contributed by atoms with Crippen molar-refractivity contribution in [2.45, 2.75) is 6.42 Å². The topological polar surface area (TPSA) is 63.4 Å². The molecule has 128 valence electrons. The number of ether oxygens (including phenoxy) is 1. The Kier molecular flexibility index (Phi) is 4.10. The molecular weight excluding hydrogens is 339 g/mol. The fraction of sp³-hybridized carbons (Fsp3) is 0.167. The Labute approximate surface area is 149 Å². The van der Waals surface area contributed by atoms with Gasteiger partial charge in [-0.05, 0) is 42.3 Å². The number of methoxy groups -OCH3 is 1. The van der Waals surface area contributed by atoms with Crippen LogP contribution in [0.5, 0.6) is 5.75 Å². The molecule has 5 nitrogen and oxygen atoms in total. The highest BCUT2D eigenvalue weighted by Gasteiger charge is 2.23. The van der Waals surface area contributed by atoms with Crippen LogP contribution in [0.2, 0.25) is 0 Å². The molecule has 4 rings (SSSR count). The van der Waals surface area contributed by atoms with E-state index in [-0.39, 0.29) is 11.6 Å². The number of anilines is 3. The molecule has 3 N–H and O–H groups in total. The Morgan fingerprint density at radius 2 is 2.12 bits per heavy atom. The zero-order valence-electron chi connectivity index (χ0n) is 13.6. The lowest BCUT2D eigenvalue weighted by Gasteiger charge is -2.21. The van der Waals surface area contributed by atoms with Crippen molar-refractivity contribution in [3.05, 3.63) is 54.0 Å². The van der Waals surface area contributed by atoms with Crippen LogP contribution in [0.1, 0.15) is 5.56 Å². The smallest absolute Gasteiger partial charge is 0.165 e. The molecule has 2 aromatic carbocycles. The average Bonchev–Trinajstić information content (AvgIpc) is 3.04. The molecule has 1 aliphatic rings. The van der Waals surface area contributed by atoms with Gasteiger partial charge in [0, 0.05) is 47.7 Å². The highest BCUT2D eigenvalue weighted by Crippen LogP contribution is 2.40. The largest absolute Gasteiger partial charge is 0.494 e. The maximum Gasteiger partial charge on any atom is 0.165 e. The molecule has 7 heteroatoms. The van der Waals surface area contributed by atoms with E-state index in [0.717, 1.165) is 47.5 Å². The van der Waals surface area contributed by atoms with E-state index in [2.05, 4.69) is 26.7 Å². The molecule has 2 heterocycles. The highest BCUT2D eigenvalue weighted by atomic mass is 32.2. The first-order valence-corrected chi connectivity index (χ1v) is 8.73. The summed E-state index contributed by atoms with van der Waals surface area (Å²) in [5.74, 6) is -0.183. The van der Waals surface area contributed by atoms with Gasteiger partial charge in [-0.3, -0.25) is 10.1 Å². The molecule has 25 heavy (non-hydrogen) atoms. The van der Waals surface area contributed by atoms with Gasteiger partial charge in [-0.1, -0.05) is 0 Å². The molecule has 0 unspecified atom stereocenters. The third-order valence-electron chi connectivity index (χ3n) is 4.43. The van der Waals surface area contributed by atoms with Crippen molar-refractivity contribution in [3.8, 4) is 5.75 Å². The normalized spacial score (nSPS) is 13.2. The quantitative estimate of drug-likeness (QED) is 0.689. The van der Waals surface area contributed by atoms with E-state index in [0.29, 0.717) is 5.52 Å². The minimum atomic E-state index is -0.386. The number of nitrogens with one attached hydrogen (secondary N) is 1. The van der Waals surface area contributed by atoms with Crippen LogP contribution >= 0.6 is 12.1 Å². The number of fused-ring (bicyclic) bond motifs is 2. The molecule has 0 radical (unpaired) electrons. The summed E-state index contributed by atoms with van der Waals surface area (Å²) in [6.45, 7) is 0.835. The van der Waals surface area contributed by atoms with E-state index in [1.807, 2.05) is 12.1 Å². The van der Waals surface area contributed by atoms with E-state index in [1.165, 1.54) is 18.7 Å². The Bertz CT molecular complexity index is 950. The van der Waals surface area contributed by atoms with Crippen molar-refractivity contribution in [1.82, 2.24) is 4.98 Å². The first-order chi connectivity index (χ1) is 12.2. The highest BCUT2D eigenvalue weighted by molar-refractivity contribution is 7.98. The molecule has 0 fully saturated rings. The number of benzene rings is 2. The lowest BCUT2D eigenvalue weighted by atomic mass is 10.1. The number of hydrogen-bond acceptors (Lipinski definition) is 6. The molecule has 1 aromatic heterocycles. The van der Waals surface area contributed by atoms with Crippen molar-refractivity contribution in [3.63, 3.8) is 0 Å². The van der Waals surface area contributed by atoms with Crippen LogP contribution < -0.4 is 19.5 Å². The number of hydrogen-bond donors (Lipinski definition) is 2. The Morgan fingerprint density at radius 3 is 2.92 bits per heavy atom. The lowest BCUT2D eigenvalue weighted by Crippen LogP contribution is -2.13. The van der Waals surface area contributed by atoms with Crippen LogP contribution in [0, 0.1) is 5.82 Å². The molecule has 0 bridgehead atoms. The van der Waals surface area contributed by atoms with Crippen molar-refractivity contribution >= 4 is 40.1 Å². The first-order valence-electron chi connectivity index (χ1n) is 7.85. The molecule has 3 aromatic rings. The summed E-state index contributed by atoms with van der Waals surface area (Å²) in [5, 5.41) is 6.24. The fourth-order valence-electron chi connectivity index (χ4n) is 3.31. The molecule has 0 amide bonds. The Morgan fingerprint density at radius 1 is 1.24 bits per heavy atom. The van der Waals surface area contributed by atoms with Crippen molar-refractivity contribution < 1.29 is 9.13 Å². The van der Waals surface area contributed by atoms with Crippen LogP contribution in [0.25, 0.3) is 10.9 Å². The van der Waals surface area contributed by atoms with Gasteiger partial charge >= 0.3 is 0 Å². The van der Waals surface area contributed by atoms with Gasteiger partial charge in [0.05, 0.1) is 18.3 Å². The van der Waals surface area contributed by atoms with E-state index in [9.17, 15) is 4.39 Å². The second kappa shape index (κ2) is 6.42. The molecule has 0 aliphatic carbocycles. The van der Waals surface area contributed by atoms with Crippen molar-refractivity contribution in [1.29, 1.82) is 0 Å². The number of rotatable bonds is 4. The van der Waals surface area contributed by atoms with Crippen LogP contribution in [0.15, 0.2) is 42.6 Å². The van der Waals surface area contributed by atoms with E-state index in [1.54, 1.807) is 12.3 Å². The number of pyridine rings is 1. The number of aromatic nitrogens is 1. The van der Waals surface area contributed by atoms with Gasteiger partial charge in [0.25, 0.3) is 0 Å². The van der Waals surface area contributed by atoms with Crippen LogP contribution in [-0.2, 0) is 6.42 Å². The SMILES string of the molecule is COc1cc2nccc(N3CCc4cc(NSN)ccc43)c2cc1F. The zero-order valence-corrected chi connectivity index (χ0v) is 14.4. The monoisotopic (exact) mass is 356 g/mol. The predicted octanol–water partition coefficient (Wildman–Crippen LogP) is 4.01. The molecule has 0 saturated carbocycles.